The topological polar surface area (TPSA) is 74.0 Å². The predicted octanol–water partition coefficient (Wildman–Crippen LogP) is 3.22. The van der Waals surface area contributed by atoms with Gasteiger partial charge < -0.3 is 14.6 Å². The monoisotopic (exact) mass is 372 g/mol. The van der Waals surface area contributed by atoms with E-state index in [0.717, 1.165) is 42.5 Å². The summed E-state index contributed by atoms with van der Waals surface area (Å²) in [5.74, 6) is -2.11. The van der Waals surface area contributed by atoms with Crippen molar-refractivity contribution in [2.45, 2.75) is 31.9 Å². The Morgan fingerprint density at radius 1 is 1.33 bits per heavy atom. The summed E-state index contributed by atoms with van der Waals surface area (Å²) in [6, 6.07) is 3.86. The number of fused-ring (bicyclic) bond motifs is 2. The van der Waals surface area contributed by atoms with Crippen molar-refractivity contribution in [1.82, 2.24) is 20.1 Å². The van der Waals surface area contributed by atoms with Gasteiger partial charge in [-0.3, -0.25) is 9.89 Å². The number of amides is 1. The lowest BCUT2D eigenvalue weighted by atomic mass is 10.0. The Kier molecular flexibility index (Phi) is 3.75. The third-order valence-electron chi connectivity index (χ3n) is 5.41. The van der Waals surface area contributed by atoms with E-state index in [1.54, 1.807) is 4.90 Å². The van der Waals surface area contributed by atoms with Crippen LogP contribution in [0.5, 0.6) is 0 Å². The van der Waals surface area contributed by atoms with Crippen LogP contribution in [0.2, 0.25) is 0 Å². The smallest absolute Gasteiger partial charge is 0.270 e. The Labute approximate surface area is 153 Å². The molecule has 0 bridgehead atoms. The van der Waals surface area contributed by atoms with E-state index >= 15 is 0 Å². The highest BCUT2D eigenvalue weighted by Gasteiger charge is 2.31. The van der Waals surface area contributed by atoms with E-state index < -0.39 is 11.6 Å². The molecule has 1 aromatic carbocycles. The fraction of sp³-hybridized carbons (Fsp3) is 0.368. The van der Waals surface area contributed by atoms with Crippen molar-refractivity contribution in [3.8, 4) is 0 Å². The third kappa shape index (κ3) is 2.63. The van der Waals surface area contributed by atoms with E-state index in [4.69, 9.17) is 4.74 Å². The van der Waals surface area contributed by atoms with E-state index in [1.807, 2.05) is 0 Å². The van der Waals surface area contributed by atoms with Crippen molar-refractivity contribution in [1.29, 1.82) is 0 Å². The van der Waals surface area contributed by atoms with Crippen LogP contribution in [0, 0.1) is 11.6 Å². The second-order valence-electron chi connectivity index (χ2n) is 7.05. The quantitative estimate of drug-likeness (QED) is 0.725. The van der Waals surface area contributed by atoms with E-state index in [9.17, 15) is 13.6 Å². The van der Waals surface area contributed by atoms with E-state index in [0.29, 0.717) is 25.0 Å². The second-order valence-corrected chi connectivity index (χ2v) is 7.05. The van der Waals surface area contributed by atoms with E-state index in [-0.39, 0.29) is 23.1 Å². The van der Waals surface area contributed by atoms with Crippen molar-refractivity contribution >= 4 is 16.8 Å². The number of halogens is 2. The van der Waals surface area contributed by atoms with Crippen LogP contribution in [0.25, 0.3) is 10.9 Å². The summed E-state index contributed by atoms with van der Waals surface area (Å²) in [4.78, 5) is 17.6. The van der Waals surface area contributed by atoms with Crippen LogP contribution >= 0.6 is 0 Å². The summed E-state index contributed by atoms with van der Waals surface area (Å²) in [5.41, 5.74) is 3.58. The molecule has 0 aliphatic carbocycles. The van der Waals surface area contributed by atoms with Crippen LogP contribution in [0.3, 0.4) is 0 Å². The summed E-state index contributed by atoms with van der Waals surface area (Å²) in [5, 5.41) is 7.57. The highest BCUT2D eigenvalue weighted by Crippen LogP contribution is 2.33. The van der Waals surface area contributed by atoms with Gasteiger partial charge in [-0.05, 0) is 31.0 Å². The molecule has 140 valence electrons. The second kappa shape index (κ2) is 6.16. The van der Waals surface area contributed by atoms with Gasteiger partial charge in [-0.15, -0.1) is 0 Å². The summed E-state index contributed by atoms with van der Waals surface area (Å²) in [6.07, 6.45) is 2.58. The zero-order chi connectivity index (χ0) is 18.5. The third-order valence-corrected chi connectivity index (χ3v) is 5.41. The Hall–Kier alpha value is -2.74. The van der Waals surface area contributed by atoms with Gasteiger partial charge in [-0.2, -0.15) is 5.10 Å². The average Bonchev–Trinajstić information content (AvgIpc) is 3.42. The number of rotatable bonds is 2. The molecule has 1 fully saturated rings. The van der Waals surface area contributed by atoms with Gasteiger partial charge in [0.15, 0.2) is 11.6 Å². The van der Waals surface area contributed by atoms with Gasteiger partial charge in [0.25, 0.3) is 5.91 Å². The number of hydrogen-bond donors (Lipinski definition) is 2. The Balaban J connectivity index is 1.44. The van der Waals surface area contributed by atoms with E-state index in [1.165, 1.54) is 12.1 Å². The first-order valence-electron chi connectivity index (χ1n) is 9.05. The molecule has 1 amide bonds. The number of aromatic amines is 2. The highest BCUT2D eigenvalue weighted by atomic mass is 19.2. The van der Waals surface area contributed by atoms with Crippen LogP contribution in [-0.4, -0.2) is 39.1 Å². The SMILES string of the molecule is O=C(c1cc2c(F)c(F)ccc2[nH]1)N1CCc2[nH]nc(C3CCCO3)c2C1. The maximum Gasteiger partial charge on any atom is 0.270 e. The van der Waals surface area contributed by atoms with Crippen molar-refractivity contribution in [2.24, 2.45) is 0 Å². The van der Waals surface area contributed by atoms with Crippen molar-refractivity contribution in [3.63, 3.8) is 0 Å². The molecule has 5 rings (SSSR count). The van der Waals surface area contributed by atoms with Gasteiger partial charge in [-0.25, -0.2) is 8.78 Å². The minimum atomic E-state index is -0.945. The number of nitrogens with zero attached hydrogens (tertiary/aromatic N) is 2. The first-order chi connectivity index (χ1) is 13.1. The Bertz CT molecular complexity index is 1040. The highest BCUT2D eigenvalue weighted by molar-refractivity contribution is 5.98. The molecule has 1 saturated heterocycles. The summed E-state index contributed by atoms with van der Waals surface area (Å²) in [6.45, 7) is 1.68. The molecule has 0 saturated carbocycles. The molecule has 8 heteroatoms. The number of H-pyrrole nitrogens is 2. The zero-order valence-corrected chi connectivity index (χ0v) is 14.5. The minimum absolute atomic E-state index is 0.0230. The van der Waals surface area contributed by atoms with Crippen LogP contribution < -0.4 is 0 Å². The van der Waals surface area contributed by atoms with Gasteiger partial charge in [0.1, 0.15) is 11.8 Å². The van der Waals surface area contributed by atoms with Crippen LogP contribution in [0.4, 0.5) is 8.78 Å². The molecule has 6 nitrogen and oxygen atoms in total. The van der Waals surface area contributed by atoms with Gasteiger partial charge in [0, 0.05) is 48.3 Å². The number of ether oxygens (including phenoxy) is 1. The molecular weight excluding hydrogens is 354 g/mol. The van der Waals surface area contributed by atoms with Crippen molar-refractivity contribution in [2.75, 3.05) is 13.2 Å². The molecule has 2 aromatic heterocycles. The molecule has 27 heavy (non-hydrogen) atoms. The molecule has 0 spiro atoms. The van der Waals surface area contributed by atoms with Gasteiger partial charge >= 0.3 is 0 Å². The Morgan fingerprint density at radius 2 is 2.22 bits per heavy atom. The number of carbonyl (C=O) groups is 1. The van der Waals surface area contributed by atoms with Crippen molar-refractivity contribution < 1.29 is 18.3 Å². The lowest BCUT2D eigenvalue weighted by molar-refractivity contribution is 0.0722. The largest absolute Gasteiger partial charge is 0.372 e. The summed E-state index contributed by atoms with van der Waals surface area (Å²) >= 11 is 0. The van der Waals surface area contributed by atoms with Crippen LogP contribution in [-0.2, 0) is 17.7 Å². The molecule has 1 unspecified atom stereocenters. The van der Waals surface area contributed by atoms with Gasteiger partial charge in [0.2, 0.25) is 0 Å². The van der Waals surface area contributed by atoms with Gasteiger partial charge in [-0.1, -0.05) is 0 Å². The van der Waals surface area contributed by atoms with Crippen LogP contribution in [0.1, 0.15) is 46.4 Å². The number of carbonyl (C=O) groups excluding carboxylic acids is 1. The normalized spacial score (nSPS) is 19.6. The predicted molar refractivity (Wildman–Crippen MR) is 93.2 cm³/mol. The molecule has 0 radical (unpaired) electrons. The summed E-state index contributed by atoms with van der Waals surface area (Å²) < 4.78 is 33.1. The fourth-order valence-corrected chi connectivity index (χ4v) is 3.98. The van der Waals surface area contributed by atoms with Crippen LogP contribution in [0.15, 0.2) is 18.2 Å². The molecule has 1 atom stereocenters. The number of aromatic nitrogens is 3. The molecular formula is C19H18F2N4O2. The number of benzene rings is 1. The van der Waals surface area contributed by atoms with E-state index in [2.05, 4.69) is 15.2 Å². The average molecular weight is 372 g/mol. The van der Waals surface area contributed by atoms with Crippen molar-refractivity contribution in [3.05, 3.63) is 52.5 Å². The first-order valence-corrected chi connectivity index (χ1v) is 9.05. The lowest BCUT2D eigenvalue weighted by Gasteiger charge is -2.27. The molecule has 2 aliphatic rings. The standard InChI is InChI=1S/C19H18F2N4O2/c20-12-3-4-13-10(17(12)21)8-15(22-13)19(26)25-6-5-14-11(9-25)18(24-23-14)16-2-1-7-27-16/h3-4,8,16,22H,1-2,5-7,9H2,(H,23,24). The maximum atomic E-state index is 14.0. The Morgan fingerprint density at radius 3 is 3.04 bits per heavy atom. The lowest BCUT2D eigenvalue weighted by Crippen LogP contribution is -2.36. The molecule has 3 aromatic rings. The maximum absolute atomic E-state index is 14.0. The number of nitrogens with one attached hydrogen (secondary N) is 2. The first kappa shape index (κ1) is 16.4. The summed E-state index contributed by atoms with van der Waals surface area (Å²) in [7, 11) is 0. The minimum Gasteiger partial charge on any atom is -0.372 e. The number of hydrogen-bond acceptors (Lipinski definition) is 3. The zero-order valence-electron chi connectivity index (χ0n) is 14.5. The van der Waals surface area contributed by atoms with Gasteiger partial charge in [0.05, 0.1) is 5.69 Å². The molecule has 2 N–H and O–H groups in total. The molecule has 2 aliphatic heterocycles. The molecule has 4 heterocycles. The fourth-order valence-electron chi connectivity index (χ4n) is 3.98.